The number of rotatable bonds is 8. The Labute approximate surface area is 114 Å². The van der Waals surface area contributed by atoms with Crippen LogP contribution in [0.4, 0.5) is 0 Å². The van der Waals surface area contributed by atoms with Crippen molar-refractivity contribution in [3.8, 4) is 0 Å². The Bertz CT molecular complexity index is 533. The number of fused-ring (bicyclic) bond motifs is 1. The molecule has 0 aliphatic carbocycles. The van der Waals surface area contributed by atoms with Crippen molar-refractivity contribution in [2.45, 2.75) is 19.9 Å². The first-order valence-corrected chi connectivity index (χ1v) is 6.65. The topological polar surface area (TPSA) is 38.6 Å². The van der Waals surface area contributed by atoms with Gasteiger partial charge in [-0.15, -0.1) is 6.58 Å². The molecule has 19 heavy (non-hydrogen) atoms. The van der Waals surface area contributed by atoms with Gasteiger partial charge in [0.2, 0.25) is 0 Å². The van der Waals surface area contributed by atoms with Crippen LogP contribution in [0, 0.1) is 6.92 Å². The van der Waals surface area contributed by atoms with E-state index in [1.807, 2.05) is 37.4 Å². The van der Waals surface area contributed by atoms with Crippen LogP contribution in [0.3, 0.4) is 0 Å². The molecular weight excluding hydrogens is 238 g/mol. The molecule has 0 saturated carbocycles. The van der Waals surface area contributed by atoms with Crippen LogP contribution in [0.5, 0.6) is 0 Å². The van der Waals surface area contributed by atoms with E-state index in [0.29, 0.717) is 0 Å². The van der Waals surface area contributed by atoms with Crippen molar-refractivity contribution < 1.29 is 4.74 Å². The molecule has 0 fully saturated rings. The third-order valence-electron chi connectivity index (χ3n) is 3.01. The molecule has 0 saturated heterocycles. The van der Waals surface area contributed by atoms with Crippen LogP contribution in [0.25, 0.3) is 5.65 Å². The van der Waals surface area contributed by atoms with Crippen LogP contribution in [0.1, 0.15) is 17.8 Å². The Hall–Kier alpha value is -1.65. The van der Waals surface area contributed by atoms with Crippen molar-refractivity contribution in [1.82, 2.24) is 14.7 Å². The number of nitrogens with one attached hydrogen (secondary N) is 1. The lowest BCUT2D eigenvalue weighted by Gasteiger charge is -2.06. The van der Waals surface area contributed by atoms with Crippen LogP contribution in [-0.4, -0.2) is 29.1 Å². The SMILES string of the molecule is C=CCCOCCNCc1c(C)nc2ccccn12. The lowest BCUT2D eigenvalue weighted by atomic mass is 10.3. The van der Waals surface area contributed by atoms with Gasteiger partial charge in [-0.3, -0.25) is 0 Å². The van der Waals surface area contributed by atoms with Crippen LogP contribution in [0.15, 0.2) is 37.1 Å². The molecule has 4 nitrogen and oxygen atoms in total. The Morgan fingerprint density at radius 3 is 3.16 bits per heavy atom. The third kappa shape index (κ3) is 3.66. The van der Waals surface area contributed by atoms with Crippen molar-refractivity contribution in [1.29, 1.82) is 0 Å². The largest absolute Gasteiger partial charge is 0.380 e. The molecule has 0 amide bonds. The Kier molecular flexibility index (Phi) is 5.12. The summed E-state index contributed by atoms with van der Waals surface area (Å²) in [5.41, 5.74) is 3.28. The molecule has 0 unspecified atom stereocenters. The highest BCUT2D eigenvalue weighted by Crippen LogP contribution is 2.10. The minimum absolute atomic E-state index is 0.726. The van der Waals surface area contributed by atoms with Crippen molar-refractivity contribution in [3.63, 3.8) is 0 Å². The van der Waals surface area contributed by atoms with E-state index in [1.54, 1.807) is 0 Å². The van der Waals surface area contributed by atoms with Gasteiger partial charge >= 0.3 is 0 Å². The Morgan fingerprint density at radius 2 is 2.32 bits per heavy atom. The van der Waals surface area contributed by atoms with Gasteiger partial charge in [0.05, 0.1) is 24.6 Å². The zero-order chi connectivity index (χ0) is 13.5. The summed E-state index contributed by atoms with van der Waals surface area (Å²) < 4.78 is 7.58. The average Bonchev–Trinajstić information content (AvgIpc) is 2.74. The fraction of sp³-hybridized carbons (Fsp3) is 0.400. The third-order valence-corrected chi connectivity index (χ3v) is 3.01. The summed E-state index contributed by atoms with van der Waals surface area (Å²) in [6.45, 7) is 8.83. The van der Waals surface area contributed by atoms with E-state index < -0.39 is 0 Å². The van der Waals surface area contributed by atoms with E-state index in [2.05, 4.69) is 21.3 Å². The predicted octanol–water partition coefficient (Wildman–Crippen LogP) is 2.33. The predicted molar refractivity (Wildman–Crippen MR) is 77.3 cm³/mol. The maximum absolute atomic E-state index is 5.46. The van der Waals surface area contributed by atoms with Gasteiger partial charge < -0.3 is 14.5 Å². The van der Waals surface area contributed by atoms with Crippen LogP contribution < -0.4 is 5.32 Å². The molecule has 2 aromatic heterocycles. The maximum Gasteiger partial charge on any atom is 0.137 e. The van der Waals surface area contributed by atoms with Gasteiger partial charge in [0, 0.05) is 19.3 Å². The molecule has 0 radical (unpaired) electrons. The van der Waals surface area contributed by atoms with Crippen molar-refractivity contribution in [2.75, 3.05) is 19.8 Å². The summed E-state index contributed by atoms with van der Waals surface area (Å²) >= 11 is 0. The van der Waals surface area contributed by atoms with Crippen LogP contribution >= 0.6 is 0 Å². The summed E-state index contributed by atoms with van der Waals surface area (Å²) in [4.78, 5) is 4.53. The number of pyridine rings is 1. The minimum atomic E-state index is 0.726. The molecule has 102 valence electrons. The second kappa shape index (κ2) is 7.07. The number of hydrogen-bond donors (Lipinski definition) is 1. The van der Waals surface area contributed by atoms with E-state index in [9.17, 15) is 0 Å². The van der Waals surface area contributed by atoms with Gasteiger partial charge in [0.1, 0.15) is 5.65 Å². The highest BCUT2D eigenvalue weighted by atomic mass is 16.5. The zero-order valence-electron chi connectivity index (χ0n) is 11.4. The van der Waals surface area contributed by atoms with Gasteiger partial charge in [-0.05, 0) is 25.5 Å². The quantitative estimate of drug-likeness (QED) is 0.584. The number of ether oxygens (including phenoxy) is 1. The molecule has 0 aliphatic rings. The summed E-state index contributed by atoms with van der Waals surface area (Å²) in [6.07, 6.45) is 4.83. The molecule has 2 rings (SSSR count). The average molecular weight is 259 g/mol. The number of aryl methyl sites for hydroxylation is 1. The lowest BCUT2D eigenvalue weighted by molar-refractivity contribution is 0.140. The van der Waals surface area contributed by atoms with Crippen molar-refractivity contribution >= 4 is 5.65 Å². The fourth-order valence-electron chi connectivity index (χ4n) is 2.00. The maximum atomic E-state index is 5.46. The number of nitrogens with zero attached hydrogens (tertiary/aromatic N) is 2. The van der Waals surface area contributed by atoms with Crippen molar-refractivity contribution in [3.05, 3.63) is 48.4 Å². The minimum Gasteiger partial charge on any atom is -0.380 e. The van der Waals surface area contributed by atoms with E-state index in [1.165, 1.54) is 5.69 Å². The molecule has 0 aliphatic heterocycles. The second-order valence-electron chi connectivity index (χ2n) is 4.44. The molecule has 1 N–H and O–H groups in total. The summed E-state index contributed by atoms with van der Waals surface area (Å²) in [6, 6.07) is 6.05. The fourth-order valence-corrected chi connectivity index (χ4v) is 2.00. The van der Waals surface area contributed by atoms with E-state index in [-0.39, 0.29) is 0 Å². The highest BCUT2D eigenvalue weighted by Gasteiger charge is 2.06. The molecular formula is C15H21N3O. The Morgan fingerprint density at radius 1 is 1.42 bits per heavy atom. The number of imidazole rings is 1. The van der Waals surface area contributed by atoms with E-state index in [0.717, 1.165) is 44.1 Å². The van der Waals surface area contributed by atoms with E-state index >= 15 is 0 Å². The van der Waals surface area contributed by atoms with Gasteiger partial charge in [0.25, 0.3) is 0 Å². The number of hydrogen-bond acceptors (Lipinski definition) is 3. The molecule has 0 aromatic carbocycles. The molecule has 0 bridgehead atoms. The first kappa shape index (κ1) is 13.8. The van der Waals surface area contributed by atoms with Crippen molar-refractivity contribution in [2.24, 2.45) is 0 Å². The highest BCUT2D eigenvalue weighted by molar-refractivity contribution is 5.42. The first-order valence-electron chi connectivity index (χ1n) is 6.65. The summed E-state index contributed by atoms with van der Waals surface area (Å²) in [7, 11) is 0. The van der Waals surface area contributed by atoms with Gasteiger partial charge in [0.15, 0.2) is 0 Å². The second-order valence-corrected chi connectivity index (χ2v) is 4.44. The Balaban J connectivity index is 1.81. The summed E-state index contributed by atoms with van der Waals surface area (Å²) in [5.74, 6) is 0. The lowest BCUT2D eigenvalue weighted by Crippen LogP contribution is -2.20. The first-order chi connectivity index (χ1) is 9.33. The molecule has 0 spiro atoms. The normalized spacial score (nSPS) is 11.0. The molecule has 0 atom stereocenters. The standard InChI is InChI=1S/C15H21N3O/c1-3-4-10-19-11-8-16-12-14-13(2)17-15-7-5-6-9-18(14)15/h3,5-7,9,16H,1,4,8,10-12H2,2H3. The number of aromatic nitrogens is 2. The molecule has 4 heteroatoms. The van der Waals surface area contributed by atoms with Gasteiger partial charge in [-0.25, -0.2) is 4.98 Å². The molecule has 2 aromatic rings. The summed E-state index contributed by atoms with van der Waals surface area (Å²) in [5, 5.41) is 3.39. The zero-order valence-corrected chi connectivity index (χ0v) is 11.4. The smallest absolute Gasteiger partial charge is 0.137 e. The van der Waals surface area contributed by atoms with Crippen LogP contribution in [0.2, 0.25) is 0 Å². The van der Waals surface area contributed by atoms with Gasteiger partial charge in [-0.2, -0.15) is 0 Å². The monoisotopic (exact) mass is 259 g/mol. The van der Waals surface area contributed by atoms with E-state index in [4.69, 9.17) is 4.74 Å². The van der Waals surface area contributed by atoms with Gasteiger partial charge in [-0.1, -0.05) is 12.1 Å². The van der Waals surface area contributed by atoms with Crippen LogP contribution in [-0.2, 0) is 11.3 Å². The molecule has 2 heterocycles.